The van der Waals surface area contributed by atoms with Crippen LogP contribution in [0.1, 0.15) is 20.3 Å². The number of aromatic nitrogens is 1. The molecule has 0 aliphatic heterocycles. The van der Waals surface area contributed by atoms with Crippen molar-refractivity contribution < 1.29 is 4.79 Å². The fourth-order valence-electron chi connectivity index (χ4n) is 1.49. The van der Waals surface area contributed by atoms with Crippen molar-refractivity contribution in [2.75, 3.05) is 24.5 Å². The summed E-state index contributed by atoms with van der Waals surface area (Å²) >= 11 is 0. The van der Waals surface area contributed by atoms with Crippen LogP contribution in [0.5, 0.6) is 0 Å². The Hall–Kier alpha value is -1.42. The van der Waals surface area contributed by atoms with Crippen LogP contribution in [0.3, 0.4) is 0 Å². The van der Waals surface area contributed by atoms with E-state index in [-0.39, 0.29) is 5.91 Å². The molecule has 0 bridgehead atoms. The first-order chi connectivity index (χ1) is 7.79. The average molecular weight is 221 g/mol. The zero-order valence-corrected chi connectivity index (χ0v) is 9.94. The summed E-state index contributed by atoms with van der Waals surface area (Å²) in [6.45, 7) is 6.00. The predicted molar refractivity (Wildman–Crippen MR) is 65.4 cm³/mol. The van der Waals surface area contributed by atoms with Gasteiger partial charge < -0.3 is 10.2 Å². The molecule has 0 spiro atoms. The molecule has 0 aromatic carbocycles. The van der Waals surface area contributed by atoms with Gasteiger partial charge in [-0.1, -0.05) is 6.92 Å². The van der Waals surface area contributed by atoms with E-state index in [1.807, 2.05) is 19.1 Å². The smallest absolute Gasteiger partial charge is 0.240 e. The molecule has 0 aliphatic carbocycles. The molecule has 1 aromatic rings. The van der Waals surface area contributed by atoms with Crippen molar-refractivity contribution in [1.29, 1.82) is 0 Å². The highest BCUT2D eigenvalue weighted by atomic mass is 16.2. The van der Waals surface area contributed by atoms with Gasteiger partial charge in [0.25, 0.3) is 0 Å². The van der Waals surface area contributed by atoms with Crippen LogP contribution in [0, 0.1) is 0 Å². The highest BCUT2D eigenvalue weighted by Gasteiger charge is 2.12. The molecule has 88 valence electrons. The maximum atomic E-state index is 11.9. The topological polar surface area (TPSA) is 45.2 Å². The lowest BCUT2D eigenvalue weighted by Crippen LogP contribution is -2.38. The van der Waals surface area contributed by atoms with Gasteiger partial charge in [0.15, 0.2) is 0 Å². The van der Waals surface area contributed by atoms with Crippen molar-refractivity contribution in [3.8, 4) is 0 Å². The maximum Gasteiger partial charge on any atom is 0.240 e. The van der Waals surface area contributed by atoms with Gasteiger partial charge in [-0.2, -0.15) is 0 Å². The number of nitrogens with one attached hydrogen (secondary N) is 1. The Kier molecular flexibility index (Phi) is 5.50. The molecule has 4 nitrogen and oxygen atoms in total. The number of likely N-dealkylation sites (N-methyl/N-ethyl adjacent to an activating group) is 1. The Morgan fingerprint density at radius 2 is 2.06 bits per heavy atom. The summed E-state index contributed by atoms with van der Waals surface area (Å²) in [7, 11) is 0. The minimum atomic E-state index is 0.0992. The van der Waals surface area contributed by atoms with Crippen LogP contribution in [0.15, 0.2) is 24.5 Å². The van der Waals surface area contributed by atoms with Gasteiger partial charge in [0.05, 0.1) is 6.54 Å². The number of amides is 1. The van der Waals surface area contributed by atoms with Crippen LogP contribution in [0.25, 0.3) is 0 Å². The second kappa shape index (κ2) is 6.95. The molecule has 4 heteroatoms. The van der Waals surface area contributed by atoms with Gasteiger partial charge in [-0.15, -0.1) is 0 Å². The van der Waals surface area contributed by atoms with Gasteiger partial charge in [-0.25, -0.2) is 0 Å². The Balaban J connectivity index is 2.57. The largest absolute Gasteiger partial charge is 0.311 e. The van der Waals surface area contributed by atoms with Crippen molar-refractivity contribution in [3.05, 3.63) is 24.5 Å². The van der Waals surface area contributed by atoms with E-state index in [4.69, 9.17) is 0 Å². The maximum absolute atomic E-state index is 11.9. The molecule has 1 aromatic heterocycles. The molecule has 0 fully saturated rings. The average Bonchev–Trinajstić information content (AvgIpc) is 2.32. The SMILES string of the molecule is CCCNCC(=O)N(CC)c1ccncc1. The first kappa shape index (κ1) is 12.6. The zero-order chi connectivity index (χ0) is 11.8. The van der Waals surface area contributed by atoms with Gasteiger partial charge in [0.2, 0.25) is 5.91 Å². The monoisotopic (exact) mass is 221 g/mol. The third kappa shape index (κ3) is 3.62. The standard InChI is InChI=1S/C12H19N3O/c1-3-7-14-10-12(16)15(4-2)11-5-8-13-9-6-11/h5-6,8-9,14H,3-4,7,10H2,1-2H3. The fraction of sp³-hybridized carbons (Fsp3) is 0.500. The van der Waals surface area contributed by atoms with Gasteiger partial charge in [0.1, 0.15) is 0 Å². The quantitative estimate of drug-likeness (QED) is 0.739. The number of nitrogens with zero attached hydrogens (tertiary/aromatic N) is 2. The summed E-state index contributed by atoms with van der Waals surface area (Å²) in [6, 6.07) is 3.70. The summed E-state index contributed by atoms with van der Waals surface area (Å²) in [4.78, 5) is 17.6. The molecule has 1 heterocycles. The lowest BCUT2D eigenvalue weighted by atomic mass is 10.3. The first-order valence-electron chi connectivity index (χ1n) is 5.70. The second-order valence-electron chi connectivity index (χ2n) is 3.52. The van der Waals surface area contributed by atoms with Crippen LogP contribution in [0.2, 0.25) is 0 Å². The highest BCUT2D eigenvalue weighted by Crippen LogP contribution is 2.11. The van der Waals surface area contributed by atoms with Crippen molar-refractivity contribution >= 4 is 11.6 Å². The fourth-order valence-corrected chi connectivity index (χ4v) is 1.49. The molecular formula is C12H19N3O. The number of carbonyl (C=O) groups excluding carboxylic acids is 1. The third-order valence-electron chi connectivity index (χ3n) is 2.29. The molecule has 1 amide bonds. The van der Waals surface area contributed by atoms with E-state index in [2.05, 4.69) is 17.2 Å². The van der Waals surface area contributed by atoms with E-state index >= 15 is 0 Å². The number of hydrogen-bond acceptors (Lipinski definition) is 3. The Morgan fingerprint density at radius 3 is 2.62 bits per heavy atom. The summed E-state index contributed by atoms with van der Waals surface area (Å²) in [5.41, 5.74) is 0.904. The first-order valence-corrected chi connectivity index (χ1v) is 5.70. The highest BCUT2D eigenvalue weighted by molar-refractivity contribution is 5.94. The van der Waals surface area contributed by atoms with Crippen molar-refractivity contribution in [1.82, 2.24) is 10.3 Å². The molecule has 0 unspecified atom stereocenters. The van der Waals surface area contributed by atoms with E-state index in [1.54, 1.807) is 17.3 Å². The van der Waals surface area contributed by atoms with E-state index in [0.29, 0.717) is 13.1 Å². The van der Waals surface area contributed by atoms with Crippen LogP contribution >= 0.6 is 0 Å². The van der Waals surface area contributed by atoms with Crippen LogP contribution in [-0.4, -0.2) is 30.5 Å². The number of carbonyl (C=O) groups is 1. The van der Waals surface area contributed by atoms with Gasteiger partial charge in [-0.05, 0) is 32.0 Å². The van der Waals surface area contributed by atoms with E-state index in [0.717, 1.165) is 18.7 Å². The predicted octanol–water partition coefficient (Wildman–Crippen LogP) is 1.43. The third-order valence-corrected chi connectivity index (χ3v) is 2.29. The van der Waals surface area contributed by atoms with Gasteiger partial charge in [0, 0.05) is 24.6 Å². The molecular weight excluding hydrogens is 202 g/mol. The molecule has 1 rings (SSSR count). The van der Waals surface area contributed by atoms with Crippen LogP contribution in [-0.2, 0) is 4.79 Å². The van der Waals surface area contributed by atoms with Crippen LogP contribution in [0.4, 0.5) is 5.69 Å². The molecule has 0 aliphatic rings. The summed E-state index contributed by atoms with van der Waals surface area (Å²) in [5, 5.41) is 3.11. The number of rotatable bonds is 6. The molecule has 0 atom stereocenters. The van der Waals surface area contributed by atoms with Crippen molar-refractivity contribution in [2.45, 2.75) is 20.3 Å². The summed E-state index contributed by atoms with van der Waals surface area (Å²) in [5.74, 6) is 0.0992. The van der Waals surface area contributed by atoms with Gasteiger partial charge >= 0.3 is 0 Å². The van der Waals surface area contributed by atoms with E-state index in [1.165, 1.54) is 0 Å². The Bertz CT molecular complexity index is 313. The minimum Gasteiger partial charge on any atom is -0.311 e. The molecule has 16 heavy (non-hydrogen) atoms. The normalized spacial score (nSPS) is 10.1. The number of anilines is 1. The van der Waals surface area contributed by atoms with Crippen molar-refractivity contribution in [3.63, 3.8) is 0 Å². The number of pyridine rings is 1. The summed E-state index contributed by atoms with van der Waals surface area (Å²) < 4.78 is 0. The lowest BCUT2D eigenvalue weighted by Gasteiger charge is -2.20. The molecule has 0 radical (unpaired) electrons. The summed E-state index contributed by atoms with van der Waals surface area (Å²) in [6.07, 6.45) is 4.43. The Morgan fingerprint density at radius 1 is 1.38 bits per heavy atom. The zero-order valence-electron chi connectivity index (χ0n) is 9.94. The Labute approximate surface area is 96.7 Å². The number of hydrogen-bond donors (Lipinski definition) is 1. The van der Waals surface area contributed by atoms with E-state index < -0.39 is 0 Å². The van der Waals surface area contributed by atoms with Crippen molar-refractivity contribution in [2.24, 2.45) is 0 Å². The molecule has 0 saturated heterocycles. The van der Waals surface area contributed by atoms with E-state index in [9.17, 15) is 4.79 Å². The lowest BCUT2D eigenvalue weighted by molar-refractivity contribution is -0.117. The molecule has 1 N–H and O–H groups in total. The van der Waals surface area contributed by atoms with Gasteiger partial charge in [-0.3, -0.25) is 9.78 Å². The second-order valence-corrected chi connectivity index (χ2v) is 3.52. The minimum absolute atomic E-state index is 0.0992. The van der Waals surface area contributed by atoms with Crippen LogP contribution < -0.4 is 10.2 Å². The molecule has 0 saturated carbocycles.